The predicted molar refractivity (Wildman–Crippen MR) is 110 cm³/mol. The third kappa shape index (κ3) is 2.95. The van der Waals surface area contributed by atoms with Crippen LogP contribution in [0.3, 0.4) is 0 Å². The Labute approximate surface area is 162 Å². The van der Waals surface area contributed by atoms with Crippen molar-refractivity contribution in [2.75, 3.05) is 18.0 Å². The monoisotopic (exact) mass is 379 g/mol. The van der Waals surface area contributed by atoms with Crippen LogP contribution < -0.4 is 4.90 Å². The number of nitrogens with one attached hydrogen (secondary N) is 1. The van der Waals surface area contributed by atoms with Crippen LogP contribution in [0.25, 0.3) is 21.8 Å². The molecule has 0 amide bonds. The van der Waals surface area contributed by atoms with Gasteiger partial charge in [0.1, 0.15) is 11.6 Å². The van der Waals surface area contributed by atoms with Crippen molar-refractivity contribution in [1.29, 1.82) is 0 Å². The van der Waals surface area contributed by atoms with Gasteiger partial charge < -0.3 is 14.5 Å². The molecule has 0 atom stereocenters. The first kappa shape index (κ1) is 17.3. The molecule has 5 heteroatoms. The molecule has 0 unspecified atom stereocenters. The standard InChI is InChI=1S/C23H23F2N3/c24-17-4-6-21-19(14-17)16(15-26-21)8-12-27-13-9-18-22(27)7-5-20(25)23(18)28-10-2-1-3-11-28/h4-7,9,13-15,26H,1-3,8,10-12H2. The molecule has 1 aliphatic rings. The lowest BCUT2D eigenvalue weighted by Crippen LogP contribution is -2.30. The van der Waals surface area contributed by atoms with Crippen molar-refractivity contribution in [3.05, 3.63) is 66.0 Å². The first-order valence-corrected chi connectivity index (χ1v) is 9.98. The van der Waals surface area contributed by atoms with Gasteiger partial charge in [0.25, 0.3) is 0 Å². The van der Waals surface area contributed by atoms with Gasteiger partial charge in [-0.05, 0) is 67.6 Å². The van der Waals surface area contributed by atoms with E-state index in [1.807, 2.05) is 24.5 Å². The summed E-state index contributed by atoms with van der Waals surface area (Å²) in [5.41, 5.74) is 3.83. The molecular formula is C23H23F2N3. The number of piperidine rings is 1. The molecule has 28 heavy (non-hydrogen) atoms. The van der Waals surface area contributed by atoms with Gasteiger partial charge in [-0.15, -0.1) is 0 Å². The number of aromatic nitrogens is 2. The Hall–Kier alpha value is -2.82. The Balaban J connectivity index is 1.45. The number of aryl methyl sites for hydroxylation is 2. The van der Waals surface area contributed by atoms with Crippen LogP contribution in [0, 0.1) is 11.6 Å². The van der Waals surface area contributed by atoms with Gasteiger partial charge in [-0.25, -0.2) is 8.78 Å². The summed E-state index contributed by atoms with van der Waals surface area (Å²) in [7, 11) is 0. The minimum atomic E-state index is -0.221. The maximum absolute atomic E-state index is 14.6. The number of rotatable bonds is 4. The van der Waals surface area contributed by atoms with Crippen molar-refractivity contribution < 1.29 is 8.78 Å². The van der Waals surface area contributed by atoms with Gasteiger partial charge in [0.05, 0.1) is 11.2 Å². The lowest BCUT2D eigenvalue weighted by Gasteiger charge is -2.29. The van der Waals surface area contributed by atoms with E-state index in [1.54, 1.807) is 18.2 Å². The van der Waals surface area contributed by atoms with Crippen LogP contribution in [0.15, 0.2) is 48.8 Å². The number of hydrogen-bond acceptors (Lipinski definition) is 1. The number of hydrogen-bond donors (Lipinski definition) is 1. The molecule has 0 radical (unpaired) electrons. The Morgan fingerprint density at radius 2 is 1.79 bits per heavy atom. The van der Waals surface area contributed by atoms with E-state index >= 15 is 0 Å². The largest absolute Gasteiger partial charge is 0.369 e. The molecule has 144 valence electrons. The van der Waals surface area contributed by atoms with E-state index in [-0.39, 0.29) is 11.6 Å². The summed E-state index contributed by atoms with van der Waals surface area (Å²) in [6.45, 7) is 2.60. The topological polar surface area (TPSA) is 24.0 Å². The lowest BCUT2D eigenvalue weighted by atomic mass is 10.1. The smallest absolute Gasteiger partial charge is 0.147 e. The Kier molecular flexibility index (Phi) is 4.30. The second-order valence-corrected chi connectivity index (χ2v) is 7.64. The maximum atomic E-state index is 14.6. The normalized spacial score (nSPS) is 15.0. The average Bonchev–Trinajstić information content (AvgIpc) is 3.30. The highest BCUT2D eigenvalue weighted by Gasteiger charge is 2.19. The van der Waals surface area contributed by atoms with E-state index in [0.717, 1.165) is 72.0 Å². The molecule has 2 aromatic heterocycles. The predicted octanol–water partition coefficient (Wildman–Crippen LogP) is 5.63. The zero-order chi connectivity index (χ0) is 19.1. The summed E-state index contributed by atoms with van der Waals surface area (Å²) in [4.78, 5) is 5.40. The van der Waals surface area contributed by atoms with Crippen LogP contribution in [-0.4, -0.2) is 22.6 Å². The number of aromatic amines is 1. The first-order valence-electron chi connectivity index (χ1n) is 9.98. The average molecular weight is 379 g/mol. The number of fused-ring (bicyclic) bond motifs is 2. The molecule has 2 aromatic carbocycles. The summed E-state index contributed by atoms with van der Waals surface area (Å²) < 4.78 is 30.4. The number of H-pyrrole nitrogens is 1. The molecule has 0 saturated carbocycles. The first-order chi connectivity index (χ1) is 13.7. The highest BCUT2D eigenvalue weighted by atomic mass is 19.1. The molecule has 0 aliphatic carbocycles. The van der Waals surface area contributed by atoms with Gasteiger partial charge in [-0.3, -0.25) is 0 Å². The van der Waals surface area contributed by atoms with Crippen molar-refractivity contribution >= 4 is 27.5 Å². The zero-order valence-corrected chi connectivity index (χ0v) is 15.7. The third-order valence-electron chi connectivity index (χ3n) is 5.90. The fourth-order valence-electron chi connectivity index (χ4n) is 4.46. The van der Waals surface area contributed by atoms with Gasteiger partial charge >= 0.3 is 0 Å². The third-order valence-corrected chi connectivity index (χ3v) is 5.90. The number of nitrogens with zero attached hydrogens (tertiary/aromatic N) is 2. The Morgan fingerprint density at radius 3 is 2.64 bits per heavy atom. The molecule has 5 rings (SSSR count). The van der Waals surface area contributed by atoms with E-state index in [0.29, 0.717) is 0 Å². The quantitative estimate of drug-likeness (QED) is 0.488. The number of anilines is 1. The summed E-state index contributed by atoms with van der Waals surface area (Å²) in [5, 5.41) is 1.91. The molecule has 1 aliphatic heterocycles. The Morgan fingerprint density at radius 1 is 0.929 bits per heavy atom. The molecule has 0 spiro atoms. The van der Waals surface area contributed by atoms with Gasteiger partial charge in [-0.1, -0.05) is 0 Å². The highest BCUT2D eigenvalue weighted by Crippen LogP contribution is 2.33. The molecule has 1 N–H and O–H groups in total. The number of benzene rings is 2. The van der Waals surface area contributed by atoms with E-state index < -0.39 is 0 Å². The second-order valence-electron chi connectivity index (χ2n) is 7.64. The molecule has 1 saturated heterocycles. The van der Waals surface area contributed by atoms with Gasteiger partial charge in [0, 0.05) is 48.3 Å². The summed E-state index contributed by atoms with van der Waals surface area (Å²) >= 11 is 0. The minimum Gasteiger partial charge on any atom is -0.369 e. The van der Waals surface area contributed by atoms with Crippen molar-refractivity contribution in [2.45, 2.75) is 32.2 Å². The van der Waals surface area contributed by atoms with Crippen LogP contribution in [0.4, 0.5) is 14.5 Å². The van der Waals surface area contributed by atoms with Crippen LogP contribution in [0.5, 0.6) is 0 Å². The second kappa shape index (κ2) is 6.97. The molecular weight excluding hydrogens is 356 g/mol. The zero-order valence-electron chi connectivity index (χ0n) is 15.7. The fraction of sp³-hybridized carbons (Fsp3) is 0.304. The molecule has 3 nitrogen and oxygen atoms in total. The lowest BCUT2D eigenvalue weighted by molar-refractivity contribution is 0.559. The van der Waals surface area contributed by atoms with Gasteiger partial charge in [0.15, 0.2) is 0 Å². The van der Waals surface area contributed by atoms with Crippen molar-refractivity contribution in [3.8, 4) is 0 Å². The van der Waals surface area contributed by atoms with E-state index in [9.17, 15) is 8.78 Å². The summed E-state index contributed by atoms with van der Waals surface area (Å²) in [6, 6.07) is 10.3. The number of halogens is 2. The fourth-order valence-corrected chi connectivity index (χ4v) is 4.46. The Bertz CT molecular complexity index is 1140. The molecule has 0 bridgehead atoms. The maximum Gasteiger partial charge on any atom is 0.147 e. The SMILES string of the molecule is Fc1ccc2[nH]cc(CCn3ccc4c(N5CCCCC5)c(F)ccc43)c2c1. The van der Waals surface area contributed by atoms with Crippen LogP contribution in [0.2, 0.25) is 0 Å². The van der Waals surface area contributed by atoms with E-state index in [4.69, 9.17) is 0 Å². The van der Waals surface area contributed by atoms with E-state index in [1.165, 1.54) is 12.5 Å². The van der Waals surface area contributed by atoms with Crippen LogP contribution in [0.1, 0.15) is 24.8 Å². The van der Waals surface area contributed by atoms with Gasteiger partial charge in [0.2, 0.25) is 0 Å². The van der Waals surface area contributed by atoms with Crippen molar-refractivity contribution in [2.24, 2.45) is 0 Å². The van der Waals surface area contributed by atoms with Crippen LogP contribution >= 0.6 is 0 Å². The highest BCUT2D eigenvalue weighted by molar-refractivity contribution is 5.93. The summed E-state index contributed by atoms with van der Waals surface area (Å²) in [6.07, 6.45) is 8.23. The van der Waals surface area contributed by atoms with E-state index in [2.05, 4.69) is 14.5 Å². The van der Waals surface area contributed by atoms with Crippen molar-refractivity contribution in [3.63, 3.8) is 0 Å². The summed E-state index contributed by atoms with van der Waals surface area (Å²) in [5.74, 6) is -0.360. The van der Waals surface area contributed by atoms with Crippen molar-refractivity contribution in [1.82, 2.24) is 9.55 Å². The molecule has 3 heterocycles. The minimum absolute atomic E-state index is 0.140. The van der Waals surface area contributed by atoms with Gasteiger partial charge in [-0.2, -0.15) is 0 Å². The molecule has 4 aromatic rings. The van der Waals surface area contributed by atoms with Crippen LogP contribution in [-0.2, 0) is 13.0 Å². The molecule has 1 fully saturated rings.